The molecular formula is C27H32N2O3. The second-order valence-corrected chi connectivity index (χ2v) is 7.88. The van der Waals surface area contributed by atoms with E-state index in [4.69, 9.17) is 9.47 Å². The molecule has 0 N–H and O–H groups in total. The summed E-state index contributed by atoms with van der Waals surface area (Å²) in [6, 6.07) is 15.8. The van der Waals surface area contributed by atoms with Crippen molar-refractivity contribution in [1.82, 2.24) is 4.98 Å². The Balaban J connectivity index is 1.99. The second-order valence-electron chi connectivity index (χ2n) is 7.88. The maximum Gasteiger partial charge on any atom is 0.243 e. The fraction of sp³-hybridized carbons (Fsp3) is 0.333. The van der Waals surface area contributed by atoms with Crippen LogP contribution >= 0.6 is 0 Å². The number of nitrogens with zero attached hydrogens (tertiary/aromatic N) is 2. The quantitative estimate of drug-likeness (QED) is 0.393. The Bertz CT molecular complexity index is 1080. The molecule has 1 amide bonds. The predicted molar refractivity (Wildman–Crippen MR) is 129 cm³/mol. The summed E-state index contributed by atoms with van der Waals surface area (Å²) >= 11 is 0. The summed E-state index contributed by atoms with van der Waals surface area (Å²) in [5.41, 5.74) is 4.98. The summed E-state index contributed by atoms with van der Waals surface area (Å²) in [5, 5.41) is 0. The molecule has 1 heterocycles. The zero-order valence-corrected chi connectivity index (χ0v) is 19.6. The minimum absolute atomic E-state index is 0.0906. The zero-order valence-electron chi connectivity index (χ0n) is 19.6. The number of hydrogen-bond donors (Lipinski definition) is 0. The van der Waals surface area contributed by atoms with Gasteiger partial charge in [-0.25, -0.2) is 4.98 Å². The molecule has 0 unspecified atom stereocenters. The van der Waals surface area contributed by atoms with Gasteiger partial charge in [0.15, 0.2) is 0 Å². The molecule has 3 aromatic rings. The lowest BCUT2D eigenvalue weighted by Crippen LogP contribution is -2.28. The van der Waals surface area contributed by atoms with Gasteiger partial charge in [0.1, 0.15) is 17.2 Å². The number of carbonyl (C=O) groups excluding carboxylic acids is 1. The first-order valence-electron chi connectivity index (χ1n) is 11.2. The van der Waals surface area contributed by atoms with Gasteiger partial charge in [0.2, 0.25) is 11.8 Å². The van der Waals surface area contributed by atoms with E-state index in [1.165, 1.54) is 5.56 Å². The van der Waals surface area contributed by atoms with Crippen LogP contribution in [0.15, 0.2) is 54.7 Å². The lowest BCUT2D eigenvalue weighted by atomic mass is 10.1. The van der Waals surface area contributed by atoms with Gasteiger partial charge in [-0.05, 0) is 67.6 Å². The lowest BCUT2D eigenvalue weighted by Gasteiger charge is -2.25. The van der Waals surface area contributed by atoms with Crippen LogP contribution in [0.3, 0.4) is 0 Å². The largest absolute Gasteiger partial charge is 0.493 e. The van der Waals surface area contributed by atoms with E-state index in [1.54, 1.807) is 18.0 Å². The van der Waals surface area contributed by atoms with Crippen LogP contribution in [0.1, 0.15) is 49.4 Å². The first-order valence-corrected chi connectivity index (χ1v) is 11.2. The normalized spacial score (nSPS) is 10.7. The molecule has 168 valence electrons. The molecule has 0 saturated heterocycles. The highest BCUT2D eigenvalue weighted by molar-refractivity contribution is 5.92. The van der Waals surface area contributed by atoms with E-state index in [2.05, 4.69) is 31.0 Å². The van der Waals surface area contributed by atoms with Crippen molar-refractivity contribution >= 4 is 11.6 Å². The second kappa shape index (κ2) is 10.8. The predicted octanol–water partition coefficient (Wildman–Crippen LogP) is 6.40. The van der Waals surface area contributed by atoms with E-state index in [0.717, 1.165) is 41.0 Å². The van der Waals surface area contributed by atoms with E-state index in [0.29, 0.717) is 24.7 Å². The molecule has 0 bridgehead atoms. The first-order chi connectivity index (χ1) is 15.4. The number of hydrogen-bond acceptors (Lipinski definition) is 4. The highest BCUT2D eigenvalue weighted by Gasteiger charge is 2.21. The number of aromatic nitrogens is 1. The molecular weight excluding hydrogens is 400 g/mol. The standard InChI is InChI=1S/C27H32N2O3/c1-6-16-31-26-14-13-22(7-2)17-23(26)18-29(21(5)30)24-11-9-15-28-27(24)32-25-12-8-10-19(3)20(25)4/h8-15,17H,6-7,16,18H2,1-5H3. The van der Waals surface area contributed by atoms with Crippen LogP contribution in [0, 0.1) is 13.8 Å². The van der Waals surface area contributed by atoms with Crippen molar-refractivity contribution in [2.75, 3.05) is 11.5 Å². The summed E-state index contributed by atoms with van der Waals surface area (Å²) in [6.07, 6.45) is 3.51. The number of pyridine rings is 1. The molecule has 5 nitrogen and oxygen atoms in total. The average molecular weight is 433 g/mol. The maximum absolute atomic E-state index is 12.8. The number of amides is 1. The molecule has 2 aromatic carbocycles. The average Bonchev–Trinajstić information content (AvgIpc) is 2.79. The lowest BCUT2D eigenvalue weighted by molar-refractivity contribution is -0.116. The molecule has 0 aliphatic rings. The topological polar surface area (TPSA) is 51.7 Å². The van der Waals surface area contributed by atoms with Crippen molar-refractivity contribution in [3.05, 3.63) is 77.0 Å². The molecule has 5 heteroatoms. The summed E-state index contributed by atoms with van der Waals surface area (Å²) in [7, 11) is 0. The Kier molecular flexibility index (Phi) is 7.87. The van der Waals surface area contributed by atoms with Crippen LogP contribution < -0.4 is 14.4 Å². The van der Waals surface area contributed by atoms with Gasteiger partial charge in [0, 0.05) is 18.7 Å². The summed E-state index contributed by atoms with van der Waals surface area (Å²) in [4.78, 5) is 18.9. The molecule has 32 heavy (non-hydrogen) atoms. The third-order valence-electron chi connectivity index (χ3n) is 5.51. The number of aryl methyl sites for hydroxylation is 2. The van der Waals surface area contributed by atoms with E-state index < -0.39 is 0 Å². The Morgan fingerprint density at radius 3 is 2.56 bits per heavy atom. The van der Waals surface area contributed by atoms with Gasteiger partial charge in [0.25, 0.3) is 0 Å². The molecule has 0 aliphatic heterocycles. The van der Waals surface area contributed by atoms with Crippen molar-refractivity contribution in [2.45, 2.75) is 54.0 Å². The third kappa shape index (κ3) is 5.47. The van der Waals surface area contributed by atoms with Gasteiger partial charge in [-0.1, -0.05) is 38.1 Å². The highest BCUT2D eigenvalue weighted by atomic mass is 16.5. The third-order valence-corrected chi connectivity index (χ3v) is 5.51. The van der Waals surface area contributed by atoms with E-state index in [1.807, 2.05) is 50.2 Å². The van der Waals surface area contributed by atoms with Gasteiger partial charge in [-0.2, -0.15) is 0 Å². The monoisotopic (exact) mass is 432 g/mol. The molecule has 0 fully saturated rings. The molecule has 0 atom stereocenters. The van der Waals surface area contributed by atoms with Gasteiger partial charge in [-0.15, -0.1) is 0 Å². The molecule has 0 radical (unpaired) electrons. The van der Waals surface area contributed by atoms with Crippen molar-refractivity contribution in [3.63, 3.8) is 0 Å². The number of ether oxygens (including phenoxy) is 2. The summed E-state index contributed by atoms with van der Waals surface area (Å²) in [5.74, 6) is 1.84. The van der Waals surface area contributed by atoms with Crippen LogP contribution in [0.5, 0.6) is 17.4 Å². The zero-order chi connectivity index (χ0) is 23.1. The minimum atomic E-state index is -0.0906. The Labute approximate surface area is 191 Å². The fourth-order valence-corrected chi connectivity index (χ4v) is 3.47. The van der Waals surface area contributed by atoms with Gasteiger partial charge >= 0.3 is 0 Å². The Morgan fingerprint density at radius 1 is 1.03 bits per heavy atom. The SMILES string of the molecule is CCCOc1ccc(CC)cc1CN(C(C)=O)c1cccnc1Oc1cccc(C)c1C. The molecule has 1 aromatic heterocycles. The van der Waals surface area contributed by atoms with Crippen LogP contribution in [0.2, 0.25) is 0 Å². The fourth-order valence-electron chi connectivity index (χ4n) is 3.47. The summed E-state index contributed by atoms with van der Waals surface area (Å²) < 4.78 is 12.2. The first kappa shape index (κ1) is 23.3. The molecule has 0 aliphatic carbocycles. The molecule has 3 rings (SSSR count). The Hall–Kier alpha value is -3.34. The molecule has 0 saturated carbocycles. The minimum Gasteiger partial charge on any atom is -0.493 e. The summed E-state index contributed by atoms with van der Waals surface area (Å²) in [6.45, 7) is 10.8. The number of anilines is 1. The van der Waals surface area contributed by atoms with Gasteiger partial charge in [-0.3, -0.25) is 4.79 Å². The van der Waals surface area contributed by atoms with Crippen LogP contribution in [-0.4, -0.2) is 17.5 Å². The van der Waals surface area contributed by atoms with Gasteiger partial charge < -0.3 is 14.4 Å². The number of rotatable bonds is 9. The molecule has 0 spiro atoms. The van der Waals surface area contributed by atoms with Crippen LogP contribution in [-0.2, 0) is 17.8 Å². The maximum atomic E-state index is 12.8. The van der Waals surface area contributed by atoms with Crippen molar-refractivity contribution in [2.24, 2.45) is 0 Å². The van der Waals surface area contributed by atoms with E-state index in [-0.39, 0.29) is 5.91 Å². The van der Waals surface area contributed by atoms with E-state index in [9.17, 15) is 4.79 Å². The number of benzene rings is 2. The van der Waals surface area contributed by atoms with Gasteiger partial charge in [0.05, 0.1) is 13.2 Å². The smallest absolute Gasteiger partial charge is 0.243 e. The highest BCUT2D eigenvalue weighted by Crippen LogP contribution is 2.34. The number of carbonyl (C=O) groups is 1. The van der Waals surface area contributed by atoms with E-state index >= 15 is 0 Å². The van der Waals surface area contributed by atoms with Crippen molar-refractivity contribution < 1.29 is 14.3 Å². The van der Waals surface area contributed by atoms with Crippen molar-refractivity contribution in [3.8, 4) is 17.4 Å². The van der Waals surface area contributed by atoms with Crippen molar-refractivity contribution in [1.29, 1.82) is 0 Å². The van der Waals surface area contributed by atoms with Crippen LogP contribution in [0.25, 0.3) is 0 Å². The van der Waals surface area contributed by atoms with Crippen LogP contribution in [0.4, 0.5) is 5.69 Å². The Morgan fingerprint density at radius 2 is 1.84 bits per heavy atom.